The lowest BCUT2D eigenvalue weighted by molar-refractivity contribution is -0.145. The molecule has 0 unspecified atom stereocenters. The molecule has 2 heterocycles. The van der Waals surface area contributed by atoms with Gasteiger partial charge in [0, 0.05) is 15.9 Å². The molecule has 3 rings (SSSR count). The Balaban J connectivity index is 1.93. The van der Waals surface area contributed by atoms with Crippen molar-refractivity contribution in [2.45, 2.75) is 20.8 Å². The summed E-state index contributed by atoms with van der Waals surface area (Å²) in [5, 5.41) is -0.526. The first-order chi connectivity index (χ1) is 13.7. The molecule has 0 saturated carbocycles. The summed E-state index contributed by atoms with van der Waals surface area (Å²) in [6.07, 6.45) is 1.59. The molecule has 29 heavy (non-hydrogen) atoms. The van der Waals surface area contributed by atoms with E-state index >= 15 is 0 Å². The summed E-state index contributed by atoms with van der Waals surface area (Å²) in [6, 6.07) is 6.61. The highest BCUT2D eigenvalue weighted by molar-refractivity contribution is 9.10. The Morgan fingerprint density at radius 2 is 2.00 bits per heavy atom. The van der Waals surface area contributed by atoms with Gasteiger partial charge in [-0.05, 0) is 68.4 Å². The zero-order valence-corrected chi connectivity index (χ0v) is 18.4. The van der Waals surface area contributed by atoms with E-state index in [-0.39, 0.29) is 17.3 Å². The summed E-state index contributed by atoms with van der Waals surface area (Å²) in [7, 11) is 0. The lowest BCUT2D eigenvalue weighted by Crippen LogP contribution is -2.34. The first-order valence-corrected chi connectivity index (χ1v) is 10.4. The maximum atomic E-state index is 14.4. The van der Waals surface area contributed by atoms with Crippen LogP contribution in [0.1, 0.15) is 23.9 Å². The number of hydrogen-bond acceptors (Lipinski definition) is 5. The van der Waals surface area contributed by atoms with Gasteiger partial charge in [0.05, 0.1) is 17.2 Å². The average Bonchev–Trinajstić information content (AvgIpc) is 3.06. The second-order valence-electron chi connectivity index (χ2n) is 6.33. The van der Waals surface area contributed by atoms with Gasteiger partial charge in [-0.2, -0.15) is 0 Å². The number of esters is 1. The van der Waals surface area contributed by atoms with Crippen molar-refractivity contribution in [3.63, 3.8) is 0 Å². The Morgan fingerprint density at radius 3 is 2.66 bits per heavy atom. The molecule has 0 atom stereocenters. The Kier molecular flexibility index (Phi) is 6.28. The molecule has 2 amide bonds. The van der Waals surface area contributed by atoms with Gasteiger partial charge in [0.15, 0.2) is 0 Å². The van der Waals surface area contributed by atoms with Crippen LogP contribution in [0.25, 0.3) is 11.8 Å². The molecule has 1 aromatic carbocycles. The Bertz CT molecular complexity index is 1050. The van der Waals surface area contributed by atoms with Crippen LogP contribution >= 0.6 is 27.7 Å². The van der Waals surface area contributed by atoms with E-state index in [0.29, 0.717) is 15.7 Å². The molecule has 9 heteroatoms. The van der Waals surface area contributed by atoms with Gasteiger partial charge >= 0.3 is 5.97 Å². The molecule has 2 aromatic rings. The topological polar surface area (TPSA) is 68.6 Å². The van der Waals surface area contributed by atoms with Gasteiger partial charge in [0.1, 0.15) is 12.4 Å². The van der Waals surface area contributed by atoms with Crippen LogP contribution in [0.3, 0.4) is 0 Å². The fraction of sp³-hybridized carbons (Fsp3) is 0.250. The van der Waals surface area contributed by atoms with Gasteiger partial charge in [-0.1, -0.05) is 15.9 Å². The number of imide groups is 1. The van der Waals surface area contributed by atoms with E-state index in [1.165, 1.54) is 6.07 Å². The fourth-order valence-corrected chi connectivity index (χ4v) is 4.24. The second kappa shape index (κ2) is 8.54. The summed E-state index contributed by atoms with van der Waals surface area (Å²) < 4.78 is 21.6. The van der Waals surface area contributed by atoms with Crippen LogP contribution < -0.4 is 0 Å². The smallest absolute Gasteiger partial charge is 0.326 e. The molecule has 1 fully saturated rings. The number of halogens is 2. The van der Waals surface area contributed by atoms with E-state index in [2.05, 4.69) is 15.9 Å². The maximum Gasteiger partial charge on any atom is 0.326 e. The van der Waals surface area contributed by atoms with Crippen LogP contribution in [-0.4, -0.2) is 39.7 Å². The van der Waals surface area contributed by atoms with Crippen LogP contribution in [0.15, 0.2) is 33.6 Å². The lowest BCUT2D eigenvalue weighted by Gasteiger charge is -2.11. The molecule has 0 N–H and O–H groups in total. The van der Waals surface area contributed by atoms with Gasteiger partial charge in [-0.25, -0.2) is 4.39 Å². The van der Waals surface area contributed by atoms with Crippen LogP contribution in [0.5, 0.6) is 0 Å². The highest BCUT2D eigenvalue weighted by Crippen LogP contribution is 2.34. The van der Waals surface area contributed by atoms with Crippen LogP contribution in [0, 0.1) is 19.7 Å². The molecular weight excluding hydrogens is 463 g/mol. The highest BCUT2D eigenvalue weighted by Gasteiger charge is 2.36. The predicted octanol–water partition coefficient (Wildman–Crippen LogP) is 4.60. The first-order valence-electron chi connectivity index (χ1n) is 8.78. The molecule has 1 aromatic heterocycles. The third kappa shape index (κ3) is 4.30. The van der Waals surface area contributed by atoms with Gasteiger partial charge in [-0.15, -0.1) is 0 Å². The first kappa shape index (κ1) is 21.3. The number of aromatic nitrogens is 1. The van der Waals surface area contributed by atoms with Gasteiger partial charge in [-0.3, -0.25) is 19.3 Å². The molecule has 6 nitrogen and oxygen atoms in total. The minimum Gasteiger partial charge on any atom is -0.465 e. The summed E-state index contributed by atoms with van der Waals surface area (Å²) in [5.74, 6) is -1.57. The van der Waals surface area contributed by atoms with Crippen molar-refractivity contribution in [3.05, 3.63) is 56.4 Å². The molecular formula is C20H18BrFN2O4S. The number of thioether (sulfide) groups is 1. The number of hydrogen-bond donors (Lipinski definition) is 0. The third-order valence-corrected chi connectivity index (χ3v) is 5.77. The van der Waals surface area contributed by atoms with Crippen molar-refractivity contribution in [2.75, 3.05) is 13.2 Å². The van der Waals surface area contributed by atoms with Crippen LogP contribution in [0.4, 0.5) is 9.18 Å². The largest absolute Gasteiger partial charge is 0.465 e. The van der Waals surface area contributed by atoms with Crippen LogP contribution in [-0.2, 0) is 14.3 Å². The number of carbonyl (C=O) groups is 3. The number of ether oxygens (including phenoxy) is 1. The van der Waals surface area contributed by atoms with E-state index < -0.39 is 23.7 Å². The van der Waals surface area contributed by atoms with Crippen molar-refractivity contribution in [1.29, 1.82) is 0 Å². The maximum absolute atomic E-state index is 14.4. The van der Waals surface area contributed by atoms with Gasteiger partial charge < -0.3 is 9.30 Å². The number of carbonyl (C=O) groups excluding carboxylic acids is 3. The summed E-state index contributed by atoms with van der Waals surface area (Å²) >= 11 is 4.01. The minimum absolute atomic E-state index is 0.170. The zero-order valence-electron chi connectivity index (χ0n) is 16.0. The standard InChI is InChI=1S/C20H18BrFN2O4S/c1-4-28-18(25)10-23-19(26)17(29-20(23)27)8-13-7-11(2)24(12(13)3)16-6-5-14(21)9-15(16)22/h5-9H,4,10H2,1-3H3/b17-8+. The highest BCUT2D eigenvalue weighted by atomic mass is 79.9. The molecule has 0 bridgehead atoms. The normalized spacial score (nSPS) is 15.5. The van der Waals surface area contributed by atoms with E-state index in [1.54, 1.807) is 29.7 Å². The molecule has 0 aliphatic carbocycles. The number of amides is 2. The predicted molar refractivity (Wildman–Crippen MR) is 112 cm³/mol. The quantitative estimate of drug-likeness (QED) is 0.462. The van der Waals surface area contributed by atoms with Crippen molar-refractivity contribution < 1.29 is 23.5 Å². The molecule has 0 spiro atoms. The van der Waals surface area contributed by atoms with E-state index in [1.807, 2.05) is 19.9 Å². The third-order valence-electron chi connectivity index (χ3n) is 4.37. The summed E-state index contributed by atoms with van der Waals surface area (Å²) in [6.45, 7) is 5.04. The monoisotopic (exact) mass is 480 g/mol. The Morgan fingerprint density at radius 1 is 1.28 bits per heavy atom. The fourth-order valence-electron chi connectivity index (χ4n) is 3.08. The van der Waals surface area contributed by atoms with E-state index in [9.17, 15) is 18.8 Å². The van der Waals surface area contributed by atoms with Crippen LogP contribution in [0.2, 0.25) is 0 Å². The average molecular weight is 481 g/mol. The minimum atomic E-state index is -0.639. The van der Waals surface area contributed by atoms with Gasteiger partial charge in [0.2, 0.25) is 0 Å². The zero-order chi connectivity index (χ0) is 21.3. The number of rotatable bonds is 5. The number of benzene rings is 1. The van der Waals surface area contributed by atoms with Crippen molar-refractivity contribution in [1.82, 2.24) is 9.47 Å². The number of nitrogens with zero attached hydrogens (tertiary/aromatic N) is 2. The second-order valence-corrected chi connectivity index (χ2v) is 8.24. The molecule has 1 aliphatic heterocycles. The van der Waals surface area contributed by atoms with E-state index in [4.69, 9.17) is 4.74 Å². The van der Waals surface area contributed by atoms with Crippen molar-refractivity contribution in [2.24, 2.45) is 0 Å². The number of aryl methyl sites for hydroxylation is 1. The molecule has 1 aliphatic rings. The van der Waals surface area contributed by atoms with Crippen molar-refractivity contribution in [3.8, 4) is 5.69 Å². The van der Waals surface area contributed by atoms with E-state index in [0.717, 1.165) is 28.0 Å². The molecule has 0 radical (unpaired) electrons. The Labute approximate surface area is 179 Å². The molecule has 1 saturated heterocycles. The summed E-state index contributed by atoms with van der Waals surface area (Å²) in [5.41, 5.74) is 2.58. The molecule has 152 valence electrons. The van der Waals surface area contributed by atoms with Gasteiger partial charge in [0.25, 0.3) is 11.1 Å². The SMILES string of the molecule is CCOC(=O)CN1C(=O)S/C(=C/c2cc(C)n(-c3ccc(Br)cc3F)c2C)C1=O. The lowest BCUT2D eigenvalue weighted by atomic mass is 10.2. The van der Waals surface area contributed by atoms with Crippen molar-refractivity contribution >= 4 is 50.9 Å². The Hall–Kier alpha value is -2.39. The summed E-state index contributed by atoms with van der Waals surface area (Å²) in [4.78, 5) is 37.4.